The molecule has 0 saturated heterocycles. The maximum absolute atomic E-state index is 10.2. The van der Waals surface area contributed by atoms with Crippen LogP contribution < -0.4 is 0 Å². The second kappa shape index (κ2) is 3.72. The fourth-order valence-corrected chi connectivity index (χ4v) is 2.27. The molecule has 74 valence electrons. The minimum atomic E-state index is -0.423. The van der Waals surface area contributed by atoms with Crippen molar-refractivity contribution in [1.29, 1.82) is 0 Å². The largest absolute Gasteiger partial charge is 0.390 e. The van der Waals surface area contributed by atoms with Crippen LogP contribution in [0.5, 0.6) is 0 Å². The second-order valence-corrected chi connectivity index (χ2v) is 4.99. The average molecular weight is 180 g/mol. The van der Waals surface area contributed by atoms with E-state index in [0.29, 0.717) is 5.41 Å². The van der Waals surface area contributed by atoms with Gasteiger partial charge in [-0.2, -0.15) is 0 Å². The molecule has 13 heavy (non-hydrogen) atoms. The van der Waals surface area contributed by atoms with Gasteiger partial charge >= 0.3 is 0 Å². The van der Waals surface area contributed by atoms with Gasteiger partial charge in [0.05, 0.1) is 5.60 Å². The lowest BCUT2D eigenvalue weighted by Crippen LogP contribution is -2.25. The fraction of sp³-hybridized carbons (Fsp3) is 0.833. The number of rotatable bonds is 2. The third-order valence-electron chi connectivity index (χ3n) is 2.97. The number of aliphatic hydroxyl groups is 1. The summed E-state index contributed by atoms with van der Waals surface area (Å²) < 4.78 is 0. The number of hydrogen-bond acceptors (Lipinski definition) is 1. The molecule has 0 heterocycles. The Morgan fingerprint density at radius 3 is 2.46 bits per heavy atom. The van der Waals surface area contributed by atoms with Crippen molar-refractivity contribution in [3.05, 3.63) is 0 Å². The van der Waals surface area contributed by atoms with E-state index in [0.717, 1.165) is 32.1 Å². The normalized spacial score (nSPS) is 31.1. The van der Waals surface area contributed by atoms with Gasteiger partial charge in [0, 0.05) is 6.42 Å². The van der Waals surface area contributed by atoms with E-state index >= 15 is 0 Å². The van der Waals surface area contributed by atoms with Gasteiger partial charge in [-0.1, -0.05) is 13.8 Å². The lowest BCUT2D eigenvalue weighted by atomic mass is 9.87. The molecule has 0 radical (unpaired) electrons. The van der Waals surface area contributed by atoms with E-state index in [2.05, 4.69) is 25.7 Å². The second-order valence-electron chi connectivity index (χ2n) is 4.99. The molecule has 0 amide bonds. The summed E-state index contributed by atoms with van der Waals surface area (Å²) in [5.74, 6) is 5.89. The summed E-state index contributed by atoms with van der Waals surface area (Å²) in [6, 6.07) is 0. The maximum Gasteiger partial charge on any atom is 0.0662 e. The SMILES string of the molecule is CC#CCCC1(O)CCC(C)(C)C1. The number of hydrogen-bond donors (Lipinski definition) is 1. The molecule has 0 bridgehead atoms. The zero-order valence-electron chi connectivity index (χ0n) is 8.98. The summed E-state index contributed by atoms with van der Waals surface area (Å²) in [6.07, 6.45) is 4.71. The van der Waals surface area contributed by atoms with Crippen molar-refractivity contribution < 1.29 is 5.11 Å². The van der Waals surface area contributed by atoms with Crippen LogP contribution in [0.2, 0.25) is 0 Å². The Labute approximate surface area is 81.5 Å². The van der Waals surface area contributed by atoms with E-state index < -0.39 is 5.60 Å². The first-order valence-corrected chi connectivity index (χ1v) is 5.09. The lowest BCUT2D eigenvalue weighted by molar-refractivity contribution is 0.0304. The summed E-state index contributed by atoms with van der Waals surface area (Å²) in [5.41, 5.74) is -0.0955. The van der Waals surface area contributed by atoms with Gasteiger partial charge in [-0.3, -0.25) is 0 Å². The summed E-state index contributed by atoms with van der Waals surface area (Å²) >= 11 is 0. The van der Waals surface area contributed by atoms with Crippen LogP contribution in [-0.4, -0.2) is 10.7 Å². The lowest BCUT2D eigenvalue weighted by Gasteiger charge is -2.24. The molecule has 1 atom stereocenters. The highest BCUT2D eigenvalue weighted by atomic mass is 16.3. The van der Waals surface area contributed by atoms with E-state index in [1.54, 1.807) is 0 Å². The van der Waals surface area contributed by atoms with Gasteiger partial charge in [0.25, 0.3) is 0 Å². The van der Waals surface area contributed by atoms with Gasteiger partial charge in [-0.25, -0.2) is 0 Å². The topological polar surface area (TPSA) is 20.2 Å². The quantitative estimate of drug-likeness (QED) is 0.648. The molecule has 0 aromatic rings. The molecule has 1 nitrogen and oxygen atoms in total. The molecule has 1 N–H and O–H groups in total. The van der Waals surface area contributed by atoms with E-state index in [1.807, 2.05) is 6.92 Å². The third-order valence-corrected chi connectivity index (χ3v) is 2.97. The Morgan fingerprint density at radius 1 is 1.31 bits per heavy atom. The van der Waals surface area contributed by atoms with Crippen molar-refractivity contribution in [3.8, 4) is 11.8 Å². The maximum atomic E-state index is 10.2. The van der Waals surface area contributed by atoms with Crippen LogP contribution in [-0.2, 0) is 0 Å². The van der Waals surface area contributed by atoms with Crippen LogP contribution in [0, 0.1) is 17.3 Å². The molecule has 1 unspecified atom stereocenters. The summed E-state index contributed by atoms with van der Waals surface area (Å²) in [6.45, 7) is 6.32. The molecule has 1 fully saturated rings. The van der Waals surface area contributed by atoms with E-state index in [-0.39, 0.29) is 0 Å². The zero-order valence-corrected chi connectivity index (χ0v) is 8.98. The van der Waals surface area contributed by atoms with Gasteiger partial charge in [-0.05, 0) is 38.0 Å². The molecule has 0 aromatic heterocycles. The fourth-order valence-electron chi connectivity index (χ4n) is 2.27. The van der Waals surface area contributed by atoms with Crippen LogP contribution in [0.4, 0.5) is 0 Å². The Balaban J connectivity index is 2.43. The first-order chi connectivity index (χ1) is 5.97. The van der Waals surface area contributed by atoms with Gasteiger partial charge in [0.15, 0.2) is 0 Å². The van der Waals surface area contributed by atoms with Crippen molar-refractivity contribution in [3.63, 3.8) is 0 Å². The minimum absolute atomic E-state index is 0.328. The van der Waals surface area contributed by atoms with Gasteiger partial charge < -0.3 is 5.11 Å². The highest BCUT2D eigenvalue weighted by molar-refractivity contribution is 5.00. The molecule has 1 aliphatic rings. The first-order valence-electron chi connectivity index (χ1n) is 5.09. The first kappa shape index (κ1) is 10.6. The van der Waals surface area contributed by atoms with Crippen molar-refractivity contribution in [2.75, 3.05) is 0 Å². The Bertz CT molecular complexity index is 231. The Hall–Kier alpha value is -0.480. The molecule has 1 heteroatoms. The molecular formula is C12H20O. The smallest absolute Gasteiger partial charge is 0.0662 e. The van der Waals surface area contributed by atoms with Crippen molar-refractivity contribution in [1.82, 2.24) is 0 Å². The van der Waals surface area contributed by atoms with Gasteiger partial charge in [0.2, 0.25) is 0 Å². The minimum Gasteiger partial charge on any atom is -0.390 e. The predicted molar refractivity (Wildman–Crippen MR) is 55.3 cm³/mol. The van der Waals surface area contributed by atoms with Crippen LogP contribution in [0.1, 0.15) is 52.9 Å². The highest BCUT2D eigenvalue weighted by Gasteiger charge is 2.40. The third kappa shape index (κ3) is 3.04. The van der Waals surface area contributed by atoms with Crippen molar-refractivity contribution >= 4 is 0 Å². The molecule has 0 aliphatic heterocycles. The molecular weight excluding hydrogens is 160 g/mol. The Morgan fingerprint density at radius 2 is 2.00 bits per heavy atom. The van der Waals surface area contributed by atoms with Crippen molar-refractivity contribution in [2.24, 2.45) is 5.41 Å². The zero-order chi connectivity index (χ0) is 9.95. The van der Waals surface area contributed by atoms with Crippen LogP contribution in [0.15, 0.2) is 0 Å². The van der Waals surface area contributed by atoms with Crippen molar-refractivity contribution in [2.45, 2.75) is 58.5 Å². The average Bonchev–Trinajstić information content (AvgIpc) is 2.27. The molecule has 1 rings (SSSR count). The van der Waals surface area contributed by atoms with Gasteiger partial charge in [-0.15, -0.1) is 11.8 Å². The molecule has 0 aromatic carbocycles. The summed E-state index contributed by atoms with van der Waals surface area (Å²) in [5, 5.41) is 10.2. The predicted octanol–water partition coefficient (Wildman–Crippen LogP) is 2.73. The highest BCUT2D eigenvalue weighted by Crippen LogP contribution is 2.45. The summed E-state index contributed by atoms with van der Waals surface area (Å²) in [7, 11) is 0. The van der Waals surface area contributed by atoms with Crippen LogP contribution in [0.25, 0.3) is 0 Å². The summed E-state index contributed by atoms with van der Waals surface area (Å²) in [4.78, 5) is 0. The van der Waals surface area contributed by atoms with Gasteiger partial charge in [0.1, 0.15) is 0 Å². The van der Waals surface area contributed by atoms with E-state index in [1.165, 1.54) is 0 Å². The van der Waals surface area contributed by atoms with E-state index in [9.17, 15) is 5.11 Å². The molecule has 1 saturated carbocycles. The van der Waals surface area contributed by atoms with E-state index in [4.69, 9.17) is 0 Å². The molecule has 1 aliphatic carbocycles. The monoisotopic (exact) mass is 180 g/mol. The van der Waals surface area contributed by atoms with Crippen LogP contribution >= 0.6 is 0 Å². The molecule has 0 spiro atoms. The Kier molecular flexibility index (Phi) is 3.03. The standard InChI is InChI=1S/C12H20O/c1-4-5-6-7-12(13)9-8-11(2,3)10-12/h13H,6-10H2,1-3H3. The van der Waals surface area contributed by atoms with Crippen LogP contribution in [0.3, 0.4) is 0 Å².